The fraction of sp³-hybridized carbons (Fsp3) is 0.769. The summed E-state index contributed by atoms with van der Waals surface area (Å²) in [6.07, 6.45) is 2.76. The van der Waals surface area contributed by atoms with Gasteiger partial charge in [-0.1, -0.05) is 13.8 Å². The molecule has 0 saturated carbocycles. The number of hydrogen-bond donors (Lipinski definition) is 4. The molecular weight excluding hydrogens is 252 g/mol. The van der Waals surface area contributed by atoms with Gasteiger partial charge in [0.1, 0.15) is 0 Å². The molecule has 0 aromatic rings. The van der Waals surface area contributed by atoms with Crippen LogP contribution in [0.1, 0.15) is 33.6 Å². The maximum atomic E-state index is 10.1. The van der Waals surface area contributed by atoms with Crippen LogP contribution in [0, 0.1) is 5.41 Å². The quantitative estimate of drug-likeness (QED) is 0.297. The minimum absolute atomic E-state index is 0.156. The van der Waals surface area contributed by atoms with Crippen molar-refractivity contribution < 1.29 is 30.0 Å². The summed E-state index contributed by atoms with van der Waals surface area (Å²) in [6.45, 7) is 5.39. The number of carboxylic acids is 1. The van der Waals surface area contributed by atoms with E-state index in [4.69, 9.17) is 25.2 Å². The molecule has 19 heavy (non-hydrogen) atoms. The summed E-state index contributed by atoms with van der Waals surface area (Å²) in [4.78, 5) is 10.1. The van der Waals surface area contributed by atoms with Gasteiger partial charge in [-0.25, -0.2) is 4.79 Å². The molecule has 0 fully saturated rings. The topological polar surface area (TPSA) is 107 Å². The SMILES string of the molecule is CCC(CO)(CO)CO.CCCOC=C(C)C(=O)O. The molecule has 4 N–H and O–H groups in total. The number of aliphatic carboxylic acids is 1. The summed E-state index contributed by atoms with van der Waals surface area (Å²) in [7, 11) is 0. The first-order valence-electron chi connectivity index (χ1n) is 6.27. The Balaban J connectivity index is 0. The van der Waals surface area contributed by atoms with Gasteiger partial charge in [0.2, 0.25) is 0 Å². The largest absolute Gasteiger partial charge is 0.501 e. The first-order valence-corrected chi connectivity index (χ1v) is 6.27. The molecule has 0 unspecified atom stereocenters. The zero-order valence-corrected chi connectivity index (χ0v) is 11.9. The van der Waals surface area contributed by atoms with Gasteiger partial charge in [-0.15, -0.1) is 0 Å². The van der Waals surface area contributed by atoms with Gasteiger partial charge in [0, 0.05) is 5.41 Å². The Morgan fingerprint density at radius 2 is 1.63 bits per heavy atom. The first-order chi connectivity index (χ1) is 8.92. The molecule has 0 atom stereocenters. The lowest BCUT2D eigenvalue weighted by molar-refractivity contribution is -0.132. The molecule has 6 heteroatoms. The molecule has 0 radical (unpaired) electrons. The fourth-order valence-corrected chi connectivity index (χ4v) is 0.838. The maximum Gasteiger partial charge on any atom is 0.334 e. The second-order valence-corrected chi connectivity index (χ2v) is 4.30. The summed E-state index contributed by atoms with van der Waals surface area (Å²) < 4.78 is 4.86. The highest BCUT2D eigenvalue weighted by Gasteiger charge is 2.24. The van der Waals surface area contributed by atoms with Crippen LogP contribution in [0.3, 0.4) is 0 Å². The van der Waals surface area contributed by atoms with Crippen LogP contribution >= 0.6 is 0 Å². The molecule has 0 saturated heterocycles. The average molecular weight is 278 g/mol. The fourth-order valence-electron chi connectivity index (χ4n) is 0.838. The molecule has 0 heterocycles. The minimum atomic E-state index is -0.934. The van der Waals surface area contributed by atoms with Gasteiger partial charge in [0.15, 0.2) is 0 Å². The number of hydrogen-bond acceptors (Lipinski definition) is 5. The number of ether oxygens (including phenoxy) is 1. The Bertz CT molecular complexity index is 240. The molecule has 0 aliphatic heterocycles. The van der Waals surface area contributed by atoms with Gasteiger partial charge in [0.05, 0.1) is 38.3 Å². The van der Waals surface area contributed by atoms with E-state index in [1.165, 1.54) is 13.2 Å². The van der Waals surface area contributed by atoms with Crippen molar-refractivity contribution in [1.82, 2.24) is 0 Å². The van der Waals surface area contributed by atoms with Crippen molar-refractivity contribution in [3.63, 3.8) is 0 Å². The van der Waals surface area contributed by atoms with E-state index in [1.54, 1.807) is 0 Å². The number of rotatable bonds is 8. The van der Waals surface area contributed by atoms with Crippen molar-refractivity contribution in [3.05, 3.63) is 11.8 Å². The molecule has 0 spiro atoms. The van der Waals surface area contributed by atoms with E-state index in [2.05, 4.69) is 0 Å². The number of aliphatic hydroxyl groups excluding tert-OH is 3. The zero-order chi connectivity index (χ0) is 15.3. The van der Waals surface area contributed by atoms with E-state index in [0.717, 1.165) is 6.42 Å². The lowest BCUT2D eigenvalue weighted by Crippen LogP contribution is -2.32. The molecule has 0 amide bonds. The smallest absolute Gasteiger partial charge is 0.334 e. The van der Waals surface area contributed by atoms with Crippen molar-refractivity contribution >= 4 is 5.97 Å². The Kier molecular flexibility index (Phi) is 12.7. The van der Waals surface area contributed by atoms with Crippen molar-refractivity contribution in [2.24, 2.45) is 5.41 Å². The maximum absolute atomic E-state index is 10.1. The highest BCUT2D eigenvalue weighted by molar-refractivity contribution is 5.85. The van der Waals surface area contributed by atoms with Gasteiger partial charge in [-0.2, -0.15) is 0 Å². The molecule has 0 aliphatic carbocycles. The summed E-state index contributed by atoms with van der Waals surface area (Å²) in [5.41, 5.74) is -0.437. The lowest BCUT2D eigenvalue weighted by atomic mass is 9.88. The van der Waals surface area contributed by atoms with Gasteiger partial charge >= 0.3 is 5.97 Å². The van der Waals surface area contributed by atoms with Crippen LogP contribution in [0.25, 0.3) is 0 Å². The van der Waals surface area contributed by atoms with Crippen molar-refractivity contribution in [2.75, 3.05) is 26.4 Å². The van der Waals surface area contributed by atoms with E-state index >= 15 is 0 Å². The average Bonchev–Trinajstić information content (AvgIpc) is 2.43. The van der Waals surface area contributed by atoms with Crippen LogP contribution in [-0.4, -0.2) is 52.8 Å². The predicted octanol–water partition coefficient (Wildman–Crippen LogP) is 0.761. The van der Waals surface area contributed by atoms with Crippen LogP contribution in [0.4, 0.5) is 0 Å². The molecule has 0 aliphatic rings. The lowest BCUT2D eigenvalue weighted by Gasteiger charge is -2.24. The van der Waals surface area contributed by atoms with E-state index in [-0.39, 0.29) is 25.4 Å². The number of carbonyl (C=O) groups is 1. The molecule has 114 valence electrons. The predicted molar refractivity (Wildman–Crippen MR) is 71.6 cm³/mol. The first kappa shape index (κ1) is 20.2. The molecule has 0 bridgehead atoms. The van der Waals surface area contributed by atoms with Crippen molar-refractivity contribution in [2.45, 2.75) is 33.6 Å². The number of aliphatic hydroxyl groups is 3. The molecule has 0 aromatic heterocycles. The summed E-state index contributed by atoms with van der Waals surface area (Å²) >= 11 is 0. The third kappa shape index (κ3) is 9.47. The third-order valence-corrected chi connectivity index (χ3v) is 2.68. The van der Waals surface area contributed by atoms with Crippen LogP contribution in [-0.2, 0) is 9.53 Å². The van der Waals surface area contributed by atoms with Crippen LogP contribution in [0.5, 0.6) is 0 Å². The number of carboxylic acid groups (broad SMARTS) is 1. The Morgan fingerprint density at radius 3 is 1.84 bits per heavy atom. The third-order valence-electron chi connectivity index (χ3n) is 2.68. The molecule has 6 nitrogen and oxygen atoms in total. The second-order valence-electron chi connectivity index (χ2n) is 4.30. The summed E-state index contributed by atoms with van der Waals surface area (Å²) in [5, 5.41) is 34.3. The van der Waals surface area contributed by atoms with Gasteiger partial charge in [-0.05, 0) is 19.8 Å². The van der Waals surface area contributed by atoms with Crippen LogP contribution in [0.2, 0.25) is 0 Å². The summed E-state index contributed by atoms with van der Waals surface area (Å²) in [5.74, 6) is -0.934. The second kappa shape index (κ2) is 12.0. The van der Waals surface area contributed by atoms with Gasteiger partial charge < -0.3 is 25.2 Å². The standard InChI is InChI=1S/C7H12O3.C6H14O3/c1-3-4-10-5-6(2)7(8)9;1-2-6(3-7,4-8)5-9/h5H,3-4H2,1-2H3,(H,8,9);7-9H,2-5H2,1H3. The van der Waals surface area contributed by atoms with Crippen molar-refractivity contribution in [1.29, 1.82) is 0 Å². The molecular formula is C13H26O6. The molecule has 0 rings (SSSR count). The van der Waals surface area contributed by atoms with Crippen LogP contribution < -0.4 is 0 Å². The Labute approximate surface area is 114 Å². The molecule has 0 aromatic carbocycles. The van der Waals surface area contributed by atoms with Gasteiger partial charge in [0.25, 0.3) is 0 Å². The van der Waals surface area contributed by atoms with Crippen molar-refractivity contribution in [3.8, 4) is 0 Å². The monoisotopic (exact) mass is 278 g/mol. The zero-order valence-electron chi connectivity index (χ0n) is 11.9. The van der Waals surface area contributed by atoms with E-state index < -0.39 is 11.4 Å². The van der Waals surface area contributed by atoms with E-state index in [1.807, 2.05) is 13.8 Å². The normalized spacial score (nSPS) is 11.6. The minimum Gasteiger partial charge on any atom is -0.501 e. The Morgan fingerprint density at radius 1 is 1.16 bits per heavy atom. The highest BCUT2D eigenvalue weighted by Crippen LogP contribution is 2.18. The summed E-state index contributed by atoms with van der Waals surface area (Å²) in [6, 6.07) is 0. The van der Waals surface area contributed by atoms with E-state index in [0.29, 0.717) is 13.0 Å². The highest BCUT2D eigenvalue weighted by atomic mass is 16.5. The van der Waals surface area contributed by atoms with Gasteiger partial charge in [-0.3, -0.25) is 0 Å². The van der Waals surface area contributed by atoms with Crippen LogP contribution in [0.15, 0.2) is 11.8 Å². The van der Waals surface area contributed by atoms with E-state index in [9.17, 15) is 4.79 Å². The Hall–Kier alpha value is -1.11.